The lowest BCUT2D eigenvalue weighted by molar-refractivity contribution is -0.217. The lowest BCUT2D eigenvalue weighted by atomic mass is 10.3. The average Bonchev–Trinajstić information content (AvgIpc) is 2.79. The Kier molecular flexibility index (Phi) is 3.55. The molecule has 0 aromatic carbocycles. The van der Waals surface area contributed by atoms with Gasteiger partial charge in [0.25, 0.3) is 0 Å². The highest BCUT2D eigenvalue weighted by molar-refractivity contribution is 4.72. The van der Waals surface area contributed by atoms with Crippen LogP contribution in [0.1, 0.15) is 19.3 Å². The Labute approximate surface area is 74.7 Å². The number of halogens is 3. The molecule has 1 fully saturated rings. The molecule has 1 atom stereocenters. The van der Waals surface area contributed by atoms with Crippen LogP contribution in [0.25, 0.3) is 0 Å². The summed E-state index contributed by atoms with van der Waals surface area (Å²) in [7, 11) is 0. The van der Waals surface area contributed by atoms with E-state index in [1.54, 1.807) is 0 Å². The smallest absolute Gasteiger partial charge is 0.382 e. The van der Waals surface area contributed by atoms with E-state index in [4.69, 9.17) is 9.84 Å². The van der Waals surface area contributed by atoms with Crippen LogP contribution in [0, 0.1) is 5.92 Å². The fourth-order valence-corrected chi connectivity index (χ4v) is 0.946. The Bertz CT molecular complexity index is 154. The van der Waals surface area contributed by atoms with Crippen molar-refractivity contribution in [2.24, 2.45) is 5.92 Å². The maximum atomic E-state index is 11.7. The summed E-state index contributed by atoms with van der Waals surface area (Å²) in [6.45, 7) is -0.325. The average molecular weight is 198 g/mol. The number of ether oxygens (including phenoxy) is 1. The standard InChI is InChI=1S/C8H13F3O2/c9-8(10,11)7(12)5-13-4-3-6-1-2-6/h6-7,12H,1-5H2. The summed E-state index contributed by atoms with van der Waals surface area (Å²) < 4.78 is 39.9. The van der Waals surface area contributed by atoms with Crippen LogP contribution >= 0.6 is 0 Å². The number of hydrogen-bond acceptors (Lipinski definition) is 2. The molecule has 0 spiro atoms. The molecule has 1 aliphatic rings. The van der Waals surface area contributed by atoms with E-state index in [-0.39, 0.29) is 0 Å². The molecular weight excluding hydrogens is 185 g/mol. The number of hydrogen-bond donors (Lipinski definition) is 1. The summed E-state index contributed by atoms with van der Waals surface area (Å²) in [6.07, 6.45) is -3.77. The van der Waals surface area contributed by atoms with Gasteiger partial charge >= 0.3 is 6.18 Å². The molecule has 1 N–H and O–H groups in total. The van der Waals surface area contributed by atoms with Crippen molar-refractivity contribution in [1.82, 2.24) is 0 Å². The number of aliphatic hydroxyl groups excluding tert-OH is 1. The van der Waals surface area contributed by atoms with Crippen molar-refractivity contribution in [3.05, 3.63) is 0 Å². The van der Waals surface area contributed by atoms with E-state index in [0.717, 1.165) is 19.3 Å². The van der Waals surface area contributed by atoms with E-state index < -0.39 is 18.9 Å². The highest BCUT2D eigenvalue weighted by Gasteiger charge is 2.38. The van der Waals surface area contributed by atoms with Gasteiger partial charge in [-0.3, -0.25) is 0 Å². The first-order chi connectivity index (χ1) is 6.00. The first kappa shape index (κ1) is 10.8. The van der Waals surface area contributed by atoms with Crippen molar-refractivity contribution in [2.45, 2.75) is 31.5 Å². The van der Waals surface area contributed by atoms with E-state index in [9.17, 15) is 13.2 Å². The van der Waals surface area contributed by atoms with Gasteiger partial charge in [-0.1, -0.05) is 12.8 Å². The van der Waals surface area contributed by atoms with Crippen molar-refractivity contribution in [3.8, 4) is 0 Å². The topological polar surface area (TPSA) is 29.5 Å². The highest BCUT2D eigenvalue weighted by Crippen LogP contribution is 2.32. The van der Waals surface area contributed by atoms with Crippen LogP contribution in [0.15, 0.2) is 0 Å². The molecule has 1 rings (SSSR count). The van der Waals surface area contributed by atoms with Gasteiger partial charge in [0.2, 0.25) is 0 Å². The van der Waals surface area contributed by atoms with Crippen LogP contribution in [0.5, 0.6) is 0 Å². The molecule has 0 radical (unpaired) electrons. The molecule has 0 heterocycles. The number of alkyl halides is 3. The minimum absolute atomic E-state index is 0.317. The van der Waals surface area contributed by atoms with Gasteiger partial charge in [-0.15, -0.1) is 0 Å². The molecule has 1 aliphatic carbocycles. The maximum absolute atomic E-state index is 11.7. The fraction of sp³-hybridized carbons (Fsp3) is 1.00. The predicted molar refractivity (Wildman–Crippen MR) is 40.2 cm³/mol. The lowest BCUT2D eigenvalue weighted by Crippen LogP contribution is -2.33. The second-order valence-electron chi connectivity index (χ2n) is 3.36. The van der Waals surface area contributed by atoms with Gasteiger partial charge < -0.3 is 9.84 Å². The van der Waals surface area contributed by atoms with Crippen LogP contribution in [0.2, 0.25) is 0 Å². The molecule has 5 heteroatoms. The van der Waals surface area contributed by atoms with Gasteiger partial charge in [0.1, 0.15) is 0 Å². The van der Waals surface area contributed by atoms with Crippen molar-refractivity contribution in [2.75, 3.05) is 13.2 Å². The van der Waals surface area contributed by atoms with E-state index in [1.807, 2.05) is 0 Å². The second-order valence-corrected chi connectivity index (χ2v) is 3.36. The third-order valence-electron chi connectivity index (χ3n) is 2.02. The SMILES string of the molecule is OC(COCCC1CC1)C(F)(F)F. The fourth-order valence-electron chi connectivity index (χ4n) is 0.946. The molecule has 0 aliphatic heterocycles. The lowest BCUT2D eigenvalue weighted by Gasteiger charge is -2.14. The van der Waals surface area contributed by atoms with Crippen LogP contribution in [-0.4, -0.2) is 30.6 Å². The van der Waals surface area contributed by atoms with Crippen molar-refractivity contribution in [3.63, 3.8) is 0 Å². The van der Waals surface area contributed by atoms with Crippen LogP contribution in [0.4, 0.5) is 13.2 Å². The molecule has 2 nitrogen and oxygen atoms in total. The van der Waals surface area contributed by atoms with Crippen molar-refractivity contribution >= 4 is 0 Å². The second kappa shape index (κ2) is 4.28. The summed E-state index contributed by atoms with van der Waals surface area (Å²) in [4.78, 5) is 0. The Morgan fingerprint density at radius 1 is 1.38 bits per heavy atom. The van der Waals surface area contributed by atoms with Gasteiger partial charge in [-0.2, -0.15) is 13.2 Å². The van der Waals surface area contributed by atoms with E-state index in [0.29, 0.717) is 12.5 Å². The monoisotopic (exact) mass is 198 g/mol. The quantitative estimate of drug-likeness (QED) is 0.681. The van der Waals surface area contributed by atoms with Gasteiger partial charge in [0.05, 0.1) is 6.61 Å². The summed E-state index contributed by atoms with van der Waals surface area (Å²) in [5.41, 5.74) is 0. The normalized spacial score (nSPS) is 20.3. The van der Waals surface area contributed by atoms with E-state index >= 15 is 0 Å². The summed E-state index contributed by atoms with van der Waals surface area (Å²) in [6, 6.07) is 0. The van der Waals surface area contributed by atoms with Crippen molar-refractivity contribution in [1.29, 1.82) is 0 Å². The largest absolute Gasteiger partial charge is 0.416 e. The maximum Gasteiger partial charge on any atom is 0.416 e. The minimum atomic E-state index is -4.56. The zero-order chi connectivity index (χ0) is 9.90. The molecular formula is C8H13F3O2. The zero-order valence-electron chi connectivity index (χ0n) is 7.18. The Morgan fingerprint density at radius 2 is 2.00 bits per heavy atom. The molecule has 0 amide bonds. The molecule has 1 unspecified atom stereocenters. The Morgan fingerprint density at radius 3 is 2.46 bits per heavy atom. The van der Waals surface area contributed by atoms with Gasteiger partial charge in [0.15, 0.2) is 6.10 Å². The van der Waals surface area contributed by atoms with Crippen LogP contribution < -0.4 is 0 Å². The highest BCUT2D eigenvalue weighted by atomic mass is 19.4. The Balaban J connectivity index is 1.97. The van der Waals surface area contributed by atoms with Gasteiger partial charge in [-0.25, -0.2) is 0 Å². The zero-order valence-corrected chi connectivity index (χ0v) is 7.18. The molecule has 0 aromatic heterocycles. The summed E-state index contributed by atoms with van der Waals surface area (Å²) >= 11 is 0. The van der Waals surface area contributed by atoms with Crippen molar-refractivity contribution < 1.29 is 23.0 Å². The van der Waals surface area contributed by atoms with Gasteiger partial charge in [-0.05, 0) is 12.3 Å². The molecule has 0 saturated heterocycles. The minimum Gasteiger partial charge on any atom is -0.382 e. The van der Waals surface area contributed by atoms with Crippen LogP contribution in [-0.2, 0) is 4.74 Å². The molecule has 13 heavy (non-hydrogen) atoms. The van der Waals surface area contributed by atoms with Gasteiger partial charge in [0, 0.05) is 6.61 Å². The summed E-state index contributed by atoms with van der Waals surface area (Å²) in [5, 5.41) is 8.52. The first-order valence-electron chi connectivity index (χ1n) is 4.32. The number of aliphatic hydroxyl groups is 1. The molecule has 78 valence electrons. The van der Waals surface area contributed by atoms with Crippen LogP contribution in [0.3, 0.4) is 0 Å². The predicted octanol–water partition coefficient (Wildman–Crippen LogP) is 1.73. The Hall–Kier alpha value is -0.290. The number of rotatable bonds is 5. The molecule has 1 saturated carbocycles. The van der Waals surface area contributed by atoms with E-state index in [2.05, 4.69) is 0 Å². The molecule has 0 bridgehead atoms. The molecule has 0 aromatic rings. The van der Waals surface area contributed by atoms with E-state index in [1.165, 1.54) is 0 Å². The third kappa shape index (κ3) is 4.47. The summed E-state index contributed by atoms with van der Waals surface area (Å²) in [5.74, 6) is 0.642. The third-order valence-corrected chi connectivity index (χ3v) is 2.02. The first-order valence-corrected chi connectivity index (χ1v) is 4.32.